The summed E-state index contributed by atoms with van der Waals surface area (Å²) in [5.41, 5.74) is 1.29. The van der Waals surface area contributed by atoms with E-state index >= 15 is 0 Å². The smallest absolute Gasteiger partial charge is 0.338 e. The second kappa shape index (κ2) is 18.2. The van der Waals surface area contributed by atoms with Crippen LogP contribution in [-0.4, -0.2) is 121 Å². The fraction of sp³-hybridized carbons (Fsp3) is 0.537. The SMILES string of the molecule is C[C@@H]1CN(CCOC2CCC(N3C(=O)N(Sc4ccc(C#N)c(Cl)c4)C(=O)C3(C)C)CC2)C[C@H](C)N1CC(=O)Nc1cccc2c(C3CCC(=O)NC3=O)nn(C)c12.Cl. The van der Waals surface area contributed by atoms with Gasteiger partial charge in [-0.1, -0.05) is 23.7 Å². The Labute approximate surface area is 359 Å². The molecule has 2 aromatic carbocycles. The Kier molecular flexibility index (Phi) is 13.6. The molecule has 3 aromatic rings. The van der Waals surface area contributed by atoms with Crippen molar-refractivity contribution < 1.29 is 28.7 Å². The molecule has 59 heavy (non-hydrogen) atoms. The van der Waals surface area contributed by atoms with Crippen LogP contribution in [0.4, 0.5) is 10.5 Å². The number of anilines is 1. The molecule has 0 radical (unpaired) electrons. The largest absolute Gasteiger partial charge is 0.377 e. The van der Waals surface area contributed by atoms with Crippen molar-refractivity contribution in [1.82, 2.24) is 34.1 Å². The summed E-state index contributed by atoms with van der Waals surface area (Å²) >= 11 is 7.24. The number of carbonyl (C=O) groups is 5. The van der Waals surface area contributed by atoms with E-state index < -0.39 is 11.5 Å². The molecule has 6 amide bonds. The van der Waals surface area contributed by atoms with E-state index in [0.717, 1.165) is 68.2 Å². The molecule has 18 heteroatoms. The number of nitriles is 1. The number of piperidine rings is 1. The van der Waals surface area contributed by atoms with Crippen molar-refractivity contribution in [3.8, 4) is 6.07 Å². The molecule has 0 bridgehead atoms. The molecule has 3 atom stereocenters. The van der Waals surface area contributed by atoms with Crippen molar-refractivity contribution in [3.63, 3.8) is 0 Å². The first-order valence-electron chi connectivity index (χ1n) is 19.9. The molecule has 7 rings (SSSR count). The maximum absolute atomic E-state index is 13.7. The van der Waals surface area contributed by atoms with Crippen LogP contribution in [-0.2, 0) is 31.0 Å². The van der Waals surface area contributed by atoms with Crippen molar-refractivity contribution >= 4 is 82.2 Å². The van der Waals surface area contributed by atoms with E-state index in [1.165, 1.54) is 4.31 Å². The average Bonchev–Trinajstić information content (AvgIpc) is 3.59. The van der Waals surface area contributed by atoms with Gasteiger partial charge in [-0.05, 0) is 96.0 Å². The molecule has 4 fully saturated rings. The molecule has 4 heterocycles. The van der Waals surface area contributed by atoms with Crippen LogP contribution in [0.15, 0.2) is 41.3 Å². The molecular formula is C41H51Cl2N9O6S. The highest BCUT2D eigenvalue weighted by Crippen LogP contribution is 2.41. The summed E-state index contributed by atoms with van der Waals surface area (Å²) in [6, 6.07) is 12.3. The molecule has 1 saturated carbocycles. The first kappa shape index (κ1) is 44.3. The van der Waals surface area contributed by atoms with Crippen LogP contribution in [0.1, 0.15) is 83.4 Å². The van der Waals surface area contributed by atoms with E-state index in [-0.39, 0.29) is 84.3 Å². The molecule has 1 aliphatic carbocycles. The lowest BCUT2D eigenvalue weighted by Crippen LogP contribution is -2.58. The third-order valence-electron chi connectivity index (χ3n) is 12.0. The maximum Gasteiger partial charge on any atom is 0.338 e. The highest BCUT2D eigenvalue weighted by molar-refractivity contribution is 7.98. The molecule has 4 aliphatic rings. The lowest BCUT2D eigenvalue weighted by molar-refractivity contribution is -0.134. The van der Waals surface area contributed by atoms with Crippen molar-refractivity contribution in [2.75, 3.05) is 38.1 Å². The number of carbonyl (C=O) groups excluding carboxylic acids is 5. The van der Waals surface area contributed by atoms with Crippen molar-refractivity contribution in [1.29, 1.82) is 5.26 Å². The number of urea groups is 1. The van der Waals surface area contributed by atoms with Crippen LogP contribution < -0.4 is 10.6 Å². The predicted molar refractivity (Wildman–Crippen MR) is 226 cm³/mol. The molecule has 0 spiro atoms. The molecular weight excluding hydrogens is 817 g/mol. The van der Waals surface area contributed by atoms with Crippen molar-refractivity contribution in [2.45, 2.75) is 107 Å². The number of imide groups is 2. The summed E-state index contributed by atoms with van der Waals surface area (Å²) in [7, 11) is 1.79. The van der Waals surface area contributed by atoms with Gasteiger partial charge in [-0.2, -0.15) is 14.7 Å². The number of para-hydroxylation sites is 1. The zero-order valence-electron chi connectivity index (χ0n) is 33.9. The van der Waals surface area contributed by atoms with E-state index in [0.29, 0.717) is 34.9 Å². The summed E-state index contributed by atoms with van der Waals surface area (Å²) in [6.45, 7) is 11.0. The standard InChI is InChI=1S/C41H50ClN9O6S.ClH/c1-24-21-48(22-25(2)49(24)23-35(53)44-33-8-6-7-30-36(46-47(5)37(30)33)31-15-16-34(52)45-38(31)54)17-18-57-28-12-10-27(11-13-28)50-40(56)51(39(55)41(50,3)4)58-29-14-9-26(20-43)32(42)19-29;/h6-9,14,19,24-25,27-28,31H,10-13,15-18,21-23H2,1-5H3,(H,44,53)(H,45,52,54);1H/t24-,25+,27?,28?,31?;. The number of hydrogen-bond donors (Lipinski definition) is 2. The van der Waals surface area contributed by atoms with Gasteiger partial charge in [0.1, 0.15) is 11.6 Å². The van der Waals surface area contributed by atoms with Crippen LogP contribution >= 0.6 is 36.0 Å². The first-order valence-corrected chi connectivity index (χ1v) is 21.1. The number of halogens is 2. The zero-order chi connectivity index (χ0) is 41.5. The summed E-state index contributed by atoms with van der Waals surface area (Å²) in [5.74, 6) is -1.57. The number of nitrogens with one attached hydrogen (secondary N) is 2. The highest BCUT2D eigenvalue weighted by atomic mass is 35.5. The van der Waals surface area contributed by atoms with Crippen LogP contribution in [0.25, 0.3) is 10.9 Å². The topological polar surface area (TPSA) is 173 Å². The second-order valence-corrected chi connectivity index (χ2v) is 17.8. The van der Waals surface area contributed by atoms with Crippen molar-refractivity contribution in [2.24, 2.45) is 7.05 Å². The minimum absolute atomic E-state index is 0. The lowest BCUT2D eigenvalue weighted by atomic mass is 9.89. The number of aryl methyl sites for hydroxylation is 1. The van der Waals surface area contributed by atoms with Gasteiger partial charge in [0, 0.05) is 61.5 Å². The Morgan fingerprint density at radius 1 is 1.07 bits per heavy atom. The van der Waals surface area contributed by atoms with E-state index in [2.05, 4.69) is 39.4 Å². The van der Waals surface area contributed by atoms with Gasteiger partial charge in [-0.25, -0.2) is 4.79 Å². The van der Waals surface area contributed by atoms with E-state index in [1.54, 1.807) is 48.7 Å². The van der Waals surface area contributed by atoms with Crippen LogP contribution in [0.3, 0.4) is 0 Å². The molecule has 15 nitrogen and oxygen atoms in total. The summed E-state index contributed by atoms with van der Waals surface area (Å²) in [4.78, 5) is 71.9. The molecule has 1 aromatic heterocycles. The Hall–Kier alpha value is -4.24. The number of amides is 6. The zero-order valence-corrected chi connectivity index (χ0v) is 36.3. The number of aromatic nitrogens is 2. The minimum atomic E-state index is -0.994. The van der Waals surface area contributed by atoms with Gasteiger partial charge in [-0.15, -0.1) is 12.4 Å². The molecule has 316 valence electrons. The average molecular weight is 869 g/mol. The number of benzene rings is 2. The molecule has 1 unspecified atom stereocenters. The van der Waals surface area contributed by atoms with Gasteiger partial charge in [0.2, 0.25) is 17.7 Å². The number of piperazine rings is 1. The third kappa shape index (κ3) is 9.11. The van der Waals surface area contributed by atoms with Crippen molar-refractivity contribution in [3.05, 3.63) is 52.7 Å². The van der Waals surface area contributed by atoms with Gasteiger partial charge in [-0.3, -0.25) is 39.0 Å². The Bertz CT molecular complexity index is 2160. The molecule has 3 saturated heterocycles. The van der Waals surface area contributed by atoms with Crippen LogP contribution in [0.5, 0.6) is 0 Å². The Morgan fingerprint density at radius 3 is 2.44 bits per heavy atom. The number of rotatable bonds is 11. The van der Waals surface area contributed by atoms with E-state index in [9.17, 15) is 29.2 Å². The van der Waals surface area contributed by atoms with Gasteiger partial charge in [0.05, 0.1) is 52.7 Å². The Balaban J connectivity index is 0.00000585. The van der Waals surface area contributed by atoms with Gasteiger partial charge in [0.15, 0.2) is 0 Å². The third-order valence-corrected chi connectivity index (χ3v) is 13.2. The number of hydrogen-bond acceptors (Lipinski definition) is 11. The summed E-state index contributed by atoms with van der Waals surface area (Å²) in [6.07, 6.45) is 3.78. The summed E-state index contributed by atoms with van der Waals surface area (Å²) < 4.78 is 9.26. The molecule has 2 N–H and O–H groups in total. The highest BCUT2D eigenvalue weighted by Gasteiger charge is 2.54. The second-order valence-electron chi connectivity index (χ2n) is 16.3. The van der Waals surface area contributed by atoms with Gasteiger partial charge < -0.3 is 15.0 Å². The maximum atomic E-state index is 13.7. The number of nitrogens with zero attached hydrogens (tertiary/aromatic N) is 7. The fourth-order valence-corrected chi connectivity index (χ4v) is 10.3. The van der Waals surface area contributed by atoms with Gasteiger partial charge >= 0.3 is 6.03 Å². The fourth-order valence-electron chi connectivity index (χ4n) is 9.03. The monoisotopic (exact) mass is 867 g/mol. The predicted octanol–water partition coefficient (Wildman–Crippen LogP) is 5.45. The number of fused-ring (bicyclic) bond motifs is 1. The number of ether oxygens (including phenoxy) is 1. The van der Waals surface area contributed by atoms with Gasteiger partial charge in [0.25, 0.3) is 5.91 Å². The Morgan fingerprint density at radius 2 is 1.78 bits per heavy atom. The molecule has 3 aliphatic heterocycles. The quantitative estimate of drug-likeness (QED) is 0.143. The lowest BCUT2D eigenvalue weighted by Gasteiger charge is -2.44. The first-order chi connectivity index (χ1) is 27.7. The van der Waals surface area contributed by atoms with Crippen LogP contribution in [0.2, 0.25) is 5.02 Å². The normalized spacial score (nSPS) is 25.2. The van der Waals surface area contributed by atoms with E-state index in [4.69, 9.17) is 16.3 Å². The van der Waals surface area contributed by atoms with E-state index in [1.807, 2.05) is 24.3 Å². The summed E-state index contributed by atoms with van der Waals surface area (Å²) in [5, 5.41) is 20.4. The minimum Gasteiger partial charge on any atom is -0.377 e. The van der Waals surface area contributed by atoms with Crippen LogP contribution in [0, 0.1) is 11.3 Å².